The zero-order chi connectivity index (χ0) is 17.9. The van der Waals surface area contributed by atoms with Gasteiger partial charge in [0, 0.05) is 5.69 Å². The van der Waals surface area contributed by atoms with Gasteiger partial charge in [-0.25, -0.2) is 9.78 Å². The van der Waals surface area contributed by atoms with Gasteiger partial charge in [0.25, 0.3) is 0 Å². The molecule has 9 heteroatoms. The van der Waals surface area contributed by atoms with Gasteiger partial charge >= 0.3 is 12.1 Å². The van der Waals surface area contributed by atoms with Crippen LogP contribution >= 0.6 is 11.8 Å². The Balaban J connectivity index is 2.27. The molecule has 0 bridgehead atoms. The van der Waals surface area contributed by atoms with Crippen LogP contribution in [-0.2, 0) is 16.7 Å². The number of alkyl halides is 3. The Morgan fingerprint density at radius 2 is 2.17 bits per heavy atom. The molecule has 0 aromatic carbocycles. The van der Waals surface area contributed by atoms with Gasteiger partial charge in [0.15, 0.2) is 0 Å². The molecular formula is C15H11F3N2O3S. The minimum Gasteiger partial charge on any atom is -0.463 e. The molecule has 2 aromatic rings. The molecule has 2 heterocycles. The van der Waals surface area contributed by atoms with Crippen LogP contribution in [0.4, 0.5) is 13.2 Å². The first-order valence-electron chi connectivity index (χ1n) is 6.55. The number of aryl methyl sites for hydroxylation is 1. The lowest BCUT2D eigenvalue weighted by molar-refractivity contribution is -0.138. The highest BCUT2D eigenvalue weighted by molar-refractivity contribution is 7.98. The van der Waals surface area contributed by atoms with E-state index in [0.29, 0.717) is 5.76 Å². The first kappa shape index (κ1) is 17.9. The number of nitriles is 1. The Morgan fingerprint density at radius 1 is 1.46 bits per heavy atom. The van der Waals surface area contributed by atoms with Crippen molar-refractivity contribution in [1.82, 2.24) is 4.98 Å². The number of ether oxygens (including phenoxy) is 1. The van der Waals surface area contributed by atoms with E-state index in [2.05, 4.69) is 9.72 Å². The van der Waals surface area contributed by atoms with Crippen LogP contribution in [0.15, 0.2) is 27.6 Å². The number of methoxy groups -OCH3 is 1. The summed E-state index contributed by atoms with van der Waals surface area (Å²) in [6, 6.07) is 5.30. The topological polar surface area (TPSA) is 76.1 Å². The molecule has 24 heavy (non-hydrogen) atoms. The van der Waals surface area contributed by atoms with Crippen LogP contribution in [0.5, 0.6) is 0 Å². The molecule has 5 nitrogen and oxygen atoms in total. The third kappa shape index (κ3) is 3.89. The first-order chi connectivity index (χ1) is 11.3. The second-order valence-corrected chi connectivity index (χ2v) is 5.61. The van der Waals surface area contributed by atoms with E-state index in [-0.39, 0.29) is 22.2 Å². The lowest BCUT2D eigenvalue weighted by atomic mass is 10.1. The van der Waals surface area contributed by atoms with Crippen molar-refractivity contribution in [2.45, 2.75) is 23.9 Å². The van der Waals surface area contributed by atoms with Gasteiger partial charge in [-0.3, -0.25) is 0 Å². The molecule has 0 N–H and O–H groups in total. The third-order valence-electron chi connectivity index (χ3n) is 2.93. The van der Waals surface area contributed by atoms with Gasteiger partial charge in [-0.2, -0.15) is 18.4 Å². The highest BCUT2D eigenvalue weighted by Gasteiger charge is 2.35. The van der Waals surface area contributed by atoms with Gasteiger partial charge in [-0.05, 0) is 25.1 Å². The van der Waals surface area contributed by atoms with Gasteiger partial charge < -0.3 is 9.15 Å². The molecule has 0 atom stereocenters. The maximum Gasteiger partial charge on any atom is 0.417 e. The number of hydrogen-bond donors (Lipinski definition) is 0. The number of aromatic nitrogens is 1. The Kier molecular flexibility index (Phi) is 5.19. The number of rotatable bonds is 4. The quantitative estimate of drug-likeness (QED) is 0.610. The summed E-state index contributed by atoms with van der Waals surface area (Å²) in [5.74, 6) is -0.209. The average Bonchev–Trinajstić information content (AvgIpc) is 2.99. The van der Waals surface area contributed by atoms with E-state index in [9.17, 15) is 18.0 Å². The van der Waals surface area contributed by atoms with Gasteiger partial charge in [0.2, 0.25) is 5.76 Å². The van der Waals surface area contributed by atoms with Crippen LogP contribution in [0.25, 0.3) is 0 Å². The van der Waals surface area contributed by atoms with Crippen LogP contribution in [0.2, 0.25) is 0 Å². The second-order valence-electron chi connectivity index (χ2n) is 4.65. The van der Waals surface area contributed by atoms with Gasteiger partial charge in [-0.1, -0.05) is 11.8 Å². The van der Waals surface area contributed by atoms with E-state index >= 15 is 0 Å². The summed E-state index contributed by atoms with van der Waals surface area (Å²) < 4.78 is 48.8. The van der Waals surface area contributed by atoms with Gasteiger partial charge in [0.1, 0.15) is 16.9 Å². The minimum atomic E-state index is -4.64. The number of esters is 1. The number of nitrogens with zero attached hydrogens (tertiary/aromatic N) is 2. The van der Waals surface area contributed by atoms with Crippen molar-refractivity contribution in [2.75, 3.05) is 7.11 Å². The van der Waals surface area contributed by atoms with Crippen LogP contribution in [0, 0.1) is 18.3 Å². The summed E-state index contributed by atoms with van der Waals surface area (Å²) in [6.07, 6.45) is -4.64. The number of hydrogen-bond acceptors (Lipinski definition) is 6. The number of carbonyl (C=O) groups is 1. The van der Waals surface area contributed by atoms with Crippen LogP contribution in [-0.4, -0.2) is 18.1 Å². The Bertz CT molecular complexity index is 809. The fraction of sp³-hybridized carbons (Fsp3) is 0.267. The number of thioether (sulfide) groups is 1. The van der Waals surface area contributed by atoms with Crippen LogP contribution < -0.4 is 0 Å². The van der Waals surface area contributed by atoms with Crippen LogP contribution in [0.1, 0.15) is 33.1 Å². The summed E-state index contributed by atoms with van der Waals surface area (Å²) in [5.41, 5.74) is -1.40. The van der Waals surface area contributed by atoms with E-state index < -0.39 is 23.3 Å². The summed E-state index contributed by atoms with van der Waals surface area (Å²) in [4.78, 5) is 15.3. The Morgan fingerprint density at radius 3 is 2.75 bits per heavy atom. The molecule has 0 radical (unpaired) electrons. The monoisotopic (exact) mass is 356 g/mol. The summed E-state index contributed by atoms with van der Waals surface area (Å²) in [5, 5.41) is 9.03. The Hall–Kier alpha value is -2.47. The van der Waals surface area contributed by atoms with E-state index in [1.165, 1.54) is 26.2 Å². The molecular weight excluding hydrogens is 345 g/mol. The third-order valence-corrected chi connectivity index (χ3v) is 3.93. The van der Waals surface area contributed by atoms with Crippen molar-refractivity contribution in [1.29, 1.82) is 5.26 Å². The van der Waals surface area contributed by atoms with Crippen molar-refractivity contribution < 1.29 is 27.1 Å². The first-order valence-corrected chi connectivity index (χ1v) is 7.53. The summed E-state index contributed by atoms with van der Waals surface area (Å²) in [6.45, 7) is 1.42. The van der Waals surface area contributed by atoms with Crippen molar-refractivity contribution in [3.8, 4) is 6.07 Å². The van der Waals surface area contributed by atoms with Crippen molar-refractivity contribution in [3.63, 3.8) is 0 Å². The van der Waals surface area contributed by atoms with E-state index in [0.717, 1.165) is 17.8 Å². The molecule has 0 amide bonds. The molecule has 0 aliphatic carbocycles. The van der Waals surface area contributed by atoms with Crippen molar-refractivity contribution >= 4 is 17.7 Å². The standard InChI is InChI=1S/C15H11F3N2O3S/c1-8-5-11(15(16,17)18)10(6-19)13(20-8)24-7-9-3-4-12(23-9)14(21)22-2/h3-5H,7H2,1-2H3. The zero-order valence-corrected chi connectivity index (χ0v) is 13.4. The van der Waals surface area contributed by atoms with E-state index in [1.54, 1.807) is 6.07 Å². The number of pyridine rings is 1. The molecule has 0 unspecified atom stereocenters. The lowest BCUT2D eigenvalue weighted by Crippen LogP contribution is -2.10. The number of halogens is 3. The zero-order valence-electron chi connectivity index (χ0n) is 12.6. The highest BCUT2D eigenvalue weighted by Crippen LogP contribution is 2.36. The highest BCUT2D eigenvalue weighted by atomic mass is 32.2. The molecule has 2 rings (SSSR count). The molecule has 126 valence electrons. The predicted molar refractivity (Wildman–Crippen MR) is 78.3 cm³/mol. The largest absolute Gasteiger partial charge is 0.463 e. The maximum absolute atomic E-state index is 13.0. The second kappa shape index (κ2) is 6.97. The van der Waals surface area contributed by atoms with Crippen LogP contribution in [0.3, 0.4) is 0 Å². The smallest absolute Gasteiger partial charge is 0.417 e. The van der Waals surface area contributed by atoms with Crippen molar-refractivity contribution in [3.05, 3.63) is 46.5 Å². The SMILES string of the molecule is COC(=O)c1ccc(CSc2nc(C)cc(C(F)(F)F)c2C#N)o1. The molecule has 0 aliphatic heterocycles. The minimum absolute atomic E-state index is 0.0122. The van der Waals surface area contributed by atoms with E-state index in [1.807, 2.05) is 0 Å². The molecule has 2 aromatic heterocycles. The molecule has 0 fully saturated rings. The normalized spacial score (nSPS) is 11.2. The summed E-state index contributed by atoms with van der Waals surface area (Å²) >= 11 is 0.922. The number of furan rings is 1. The molecule has 0 saturated carbocycles. The van der Waals surface area contributed by atoms with Crippen molar-refractivity contribution in [2.24, 2.45) is 0 Å². The lowest BCUT2D eigenvalue weighted by Gasteiger charge is -2.12. The Labute approximate surface area is 139 Å². The predicted octanol–water partition coefficient (Wildman–Crippen LogP) is 3.95. The fourth-order valence-electron chi connectivity index (χ4n) is 1.89. The van der Waals surface area contributed by atoms with Gasteiger partial charge in [0.05, 0.1) is 24.0 Å². The maximum atomic E-state index is 13.0. The number of carbonyl (C=O) groups excluding carboxylic acids is 1. The summed E-state index contributed by atoms with van der Waals surface area (Å²) in [7, 11) is 1.20. The average molecular weight is 356 g/mol. The molecule has 0 saturated heterocycles. The van der Waals surface area contributed by atoms with Gasteiger partial charge in [-0.15, -0.1) is 0 Å². The molecule has 0 spiro atoms. The fourth-order valence-corrected chi connectivity index (χ4v) is 2.83. The molecule has 0 aliphatic rings. The van der Waals surface area contributed by atoms with E-state index in [4.69, 9.17) is 9.68 Å².